The van der Waals surface area contributed by atoms with Crippen LogP contribution in [-0.2, 0) is 9.59 Å². The fourth-order valence-electron chi connectivity index (χ4n) is 2.85. The Bertz CT molecular complexity index is 404. The fraction of sp³-hybridized carbons (Fsp3) is 0.714. The predicted octanol–water partition coefficient (Wildman–Crippen LogP) is 0.147. The first kappa shape index (κ1) is 16.8. The highest BCUT2D eigenvalue weighted by Gasteiger charge is 2.45. The molecule has 5 nitrogen and oxygen atoms in total. The van der Waals surface area contributed by atoms with E-state index in [0.717, 1.165) is 32.2 Å². The third-order valence-corrected chi connectivity index (χ3v) is 3.90. The number of halogens is 1. The van der Waals surface area contributed by atoms with Gasteiger partial charge in [-0.1, -0.05) is 5.92 Å². The maximum atomic E-state index is 12.1. The van der Waals surface area contributed by atoms with E-state index in [0.29, 0.717) is 5.92 Å². The van der Waals surface area contributed by atoms with Gasteiger partial charge >= 0.3 is 0 Å². The van der Waals surface area contributed by atoms with E-state index >= 15 is 0 Å². The van der Waals surface area contributed by atoms with Gasteiger partial charge in [-0.25, -0.2) is 0 Å². The molecule has 6 heteroatoms. The van der Waals surface area contributed by atoms with E-state index < -0.39 is 0 Å². The van der Waals surface area contributed by atoms with Crippen LogP contribution in [0.5, 0.6) is 0 Å². The van der Waals surface area contributed by atoms with Gasteiger partial charge in [-0.05, 0) is 38.1 Å². The Hall–Kier alpha value is -1.25. The second kappa shape index (κ2) is 7.51. The van der Waals surface area contributed by atoms with Crippen molar-refractivity contribution in [1.82, 2.24) is 15.5 Å². The van der Waals surface area contributed by atoms with Crippen molar-refractivity contribution in [2.75, 3.05) is 20.1 Å². The van der Waals surface area contributed by atoms with Gasteiger partial charge in [-0.15, -0.1) is 18.8 Å². The highest BCUT2D eigenvalue weighted by Crippen LogP contribution is 2.38. The molecule has 1 heterocycles. The Labute approximate surface area is 126 Å². The molecule has 1 saturated carbocycles. The van der Waals surface area contributed by atoms with Crippen molar-refractivity contribution in [2.24, 2.45) is 5.92 Å². The fourth-order valence-corrected chi connectivity index (χ4v) is 2.85. The minimum Gasteiger partial charge on any atom is -0.358 e. The summed E-state index contributed by atoms with van der Waals surface area (Å²) in [6.07, 6.45) is 9.06. The summed E-state index contributed by atoms with van der Waals surface area (Å²) in [5.74, 6) is 2.79. The normalized spacial score (nSPS) is 23.3. The highest BCUT2D eigenvalue weighted by atomic mass is 35.5. The van der Waals surface area contributed by atoms with Gasteiger partial charge in [0.1, 0.15) is 0 Å². The van der Waals surface area contributed by atoms with Crippen LogP contribution in [0.2, 0.25) is 0 Å². The average molecular weight is 300 g/mol. The lowest BCUT2D eigenvalue weighted by Crippen LogP contribution is -2.53. The van der Waals surface area contributed by atoms with Crippen molar-refractivity contribution in [3.63, 3.8) is 0 Å². The molecule has 0 aromatic heterocycles. The molecule has 0 radical (unpaired) electrons. The lowest BCUT2D eigenvalue weighted by molar-refractivity contribution is -0.131. The molecular formula is C14H22ClN3O2. The minimum absolute atomic E-state index is 0. The quantitative estimate of drug-likeness (QED) is 0.710. The maximum absolute atomic E-state index is 12.1. The van der Waals surface area contributed by atoms with E-state index in [1.54, 1.807) is 7.05 Å². The van der Waals surface area contributed by atoms with Crippen molar-refractivity contribution >= 4 is 24.2 Å². The van der Waals surface area contributed by atoms with Crippen LogP contribution >= 0.6 is 12.4 Å². The maximum Gasteiger partial charge on any atom is 0.238 e. The number of carbonyl (C=O) groups excluding carboxylic acids is 2. The third-order valence-electron chi connectivity index (χ3n) is 3.90. The number of terminal acetylenes is 1. The van der Waals surface area contributed by atoms with Gasteiger partial charge in [0.25, 0.3) is 0 Å². The van der Waals surface area contributed by atoms with Crippen LogP contribution < -0.4 is 10.6 Å². The van der Waals surface area contributed by atoms with Gasteiger partial charge in [0.2, 0.25) is 11.8 Å². The zero-order valence-corrected chi connectivity index (χ0v) is 12.5. The lowest BCUT2D eigenvalue weighted by atomic mass is 10.1. The van der Waals surface area contributed by atoms with E-state index in [-0.39, 0.29) is 42.8 Å². The Morgan fingerprint density at radius 1 is 1.40 bits per heavy atom. The Kier molecular flexibility index (Phi) is 6.31. The monoisotopic (exact) mass is 299 g/mol. The van der Waals surface area contributed by atoms with E-state index in [2.05, 4.69) is 21.5 Å². The SMILES string of the molecule is C#CCNC(=O)[C@@H]1CCCN1[C@@H](C(=O)NC)C1CC1.Cl. The zero-order chi connectivity index (χ0) is 13.8. The van der Waals surface area contributed by atoms with E-state index in [1.807, 2.05) is 0 Å². The Balaban J connectivity index is 0.00000200. The van der Waals surface area contributed by atoms with Crippen LogP contribution in [0, 0.1) is 18.3 Å². The van der Waals surface area contributed by atoms with Crippen molar-refractivity contribution < 1.29 is 9.59 Å². The van der Waals surface area contributed by atoms with Gasteiger partial charge in [-0.2, -0.15) is 0 Å². The first-order valence-electron chi connectivity index (χ1n) is 6.87. The average Bonchev–Trinajstić information content (AvgIpc) is 3.13. The van der Waals surface area contributed by atoms with Crippen LogP contribution in [-0.4, -0.2) is 48.9 Å². The number of nitrogens with zero attached hydrogens (tertiary/aromatic N) is 1. The van der Waals surface area contributed by atoms with Crippen molar-refractivity contribution in [2.45, 2.75) is 37.8 Å². The van der Waals surface area contributed by atoms with E-state index in [4.69, 9.17) is 6.42 Å². The Morgan fingerprint density at radius 2 is 2.10 bits per heavy atom. The molecule has 112 valence electrons. The molecule has 0 unspecified atom stereocenters. The smallest absolute Gasteiger partial charge is 0.238 e. The molecule has 1 aliphatic carbocycles. The van der Waals surface area contributed by atoms with E-state index in [9.17, 15) is 9.59 Å². The standard InChI is InChI=1S/C14H21N3O2.ClH/c1-3-8-16-13(18)11-5-4-9-17(11)12(10-6-7-10)14(19)15-2;/h1,10-12H,4-9H2,2H3,(H,15,19)(H,16,18);1H/t11-,12+;/m0./s1. The number of rotatable bonds is 5. The second-order valence-corrected chi connectivity index (χ2v) is 5.21. The van der Waals surface area contributed by atoms with Crippen LogP contribution in [0.3, 0.4) is 0 Å². The number of likely N-dealkylation sites (N-methyl/N-ethyl adjacent to an activating group) is 1. The molecule has 0 spiro atoms. The van der Waals surface area contributed by atoms with E-state index in [1.165, 1.54) is 0 Å². The molecule has 0 aromatic carbocycles. The summed E-state index contributed by atoms with van der Waals surface area (Å²) < 4.78 is 0. The first-order chi connectivity index (χ1) is 9.19. The summed E-state index contributed by atoms with van der Waals surface area (Å²) in [5.41, 5.74) is 0. The minimum atomic E-state index is -0.212. The molecule has 0 bridgehead atoms. The van der Waals surface area contributed by atoms with Gasteiger partial charge in [-0.3, -0.25) is 14.5 Å². The Morgan fingerprint density at radius 3 is 2.65 bits per heavy atom. The molecule has 2 fully saturated rings. The molecule has 2 N–H and O–H groups in total. The summed E-state index contributed by atoms with van der Waals surface area (Å²) >= 11 is 0. The molecule has 2 aliphatic rings. The van der Waals surface area contributed by atoms with Crippen LogP contribution in [0.1, 0.15) is 25.7 Å². The van der Waals surface area contributed by atoms with Crippen molar-refractivity contribution in [1.29, 1.82) is 0 Å². The van der Waals surface area contributed by atoms with Gasteiger partial charge in [0, 0.05) is 7.05 Å². The molecule has 1 saturated heterocycles. The van der Waals surface area contributed by atoms with Crippen LogP contribution in [0.4, 0.5) is 0 Å². The summed E-state index contributed by atoms with van der Waals surface area (Å²) in [4.78, 5) is 26.2. The number of hydrogen-bond acceptors (Lipinski definition) is 3. The molecular weight excluding hydrogens is 278 g/mol. The number of hydrogen-bond donors (Lipinski definition) is 2. The molecule has 1 aliphatic heterocycles. The number of amides is 2. The van der Waals surface area contributed by atoms with Crippen molar-refractivity contribution in [3.8, 4) is 12.3 Å². The largest absolute Gasteiger partial charge is 0.358 e. The predicted molar refractivity (Wildman–Crippen MR) is 79.4 cm³/mol. The number of nitrogens with one attached hydrogen (secondary N) is 2. The summed E-state index contributed by atoms with van der Waals surface area (Å²) in [7, 11) is 1.65. The molecule has 2 atom stereocenters. The van der Waals surface area contributed by atoms with Gasteiger partial charge in [0.15, 0.2) is 0 Å². The lowest BCUT2D eigenvalue weighted by Gasteiger charge is -2.31. The summed E-state index contributed by atoms with van der Waals surface area (Å²) in [5, 5.41) is 5.45. The topological polar surface area (TPSA) is 61.4 Å². The summed E-state index contributed by atoms with van der Waals surface area (Å²) in [6.45, 7) is 1.06. The van der Waals surface area contributed by atoms with Crippen molar-refractivity contribution in [3.05, 3.63) is 0 Å². The van der Waals surface area contributed by atoms with Crippen LogP contribution in [0.15, 0.2) is 0 Å². The number of carbonyl (C=O) groups is 2. The second-order valence-electron chi connectivity index (χ2n) is 5.21. The molecule has 0 aromatic rings. The third kappa shape index (κ3) is 3.65. The number of likely N-dealkylation sites (tertiary alicyclic amines) is 1. The molecule has 20 heavy (non-hydrogen) atoms. The van der Waals surface area contributed by atoms with Gasteiger partial charge < -0.3 is 10.6 Å². The van der Waals surface area contributed by atoms with Crippen LogP contribution in [0.25, 0.3) is 0 Å². The molecule has 2 rings (SSSR count). The summed E-state index contributed by atoms with van der Waals surface area (Å²) in [6, 6.07) is -0.370. The first-order valence-corrected chi connectivity index (χ1v) is 6.87. The van der Waals surface area contributed by atoms with Gasteiger partial charge in [0.05, 0.1) is 18.6 Å². The zero-order valence-electron chi connectivity index (χ0n) is 11.7. The highest BCUT2D eigenvalue weighted by molar-refractivity contribution is 5.86. The molecule has 2 amide bonds.